The van der Waals surface area contributed by atoms with Gasteiger partial charge in [-0.1, -0.05) is 420 Å². The number of ether oxygens (including phenoxy) is 4. The molecule has 0 rings (SSSR count). The van der Waals surface area contributed by atoms with E-state index in [-0.39, 0.29) is 25.7 Å². The average molecular weight is 1550 g/mol. The molecule has 0 aromatic rings. The Bertz CT molecular complexity index is 2010. The van der Waals surface area contributed by atoms with E-state index in [1.54, 1.807) is 0 Å². The number of carbonyl (C=O) groups excluding carboxylic acids is 4. The summed E-state index contributed by atoms with van der Waals surface area (Å²) in [4.78, 5) is 73.2. The second-order valence-corrected chi connectivity index (χ2v) is 34.7. The van der Waals surface area contributed by atoms with E-state index >= 15 is 0 Å². The van der Waals surface area contributed by atoms with Crippen molar-refractivity contribution in [2.24, 2.45) is 5.92 Å². The Hall–Kier alpha value is -1.94. The Labute approximate surface area is 651 Å². The largest absolute Gasteiger partial charge is 0.472 e. The van der Waals surface area contributed by atoms with Gasteiger partial charge in [-0.3, -0.25) is 37.3 Å². The number of aliphatic hydroxyl groups excluding tert-OH is 1. The lowest BCUT2D eigenvalue weighted by Gasteiger charge is -2.21. The maximum atomic E-state index is 13.2. The lowest BCUT2D eigenvalue weighted by atomic mass is 10.0. The normalized spacial score (nSPS) is 13.7. The molecule has 0 aliphatic heterocycles. The van der Waals surface area contributed by atoms with E-state index in [0.717, 1.165) is 95.8 Å². The molecule has 0 heterocycles. The van der Waals surface area contributed by atoms with Gasteiger partial charge >= 0.3 is 39.5 Å². The van der Waals surface area contributed by atoms with Crippen LogP contribution in [0.1, 0.15) is 471 Å². The van der Waals surface area contributed by atoms with Crippen LogP contribution in [0.2, 0.25) is 0 Å². The number of phosphoric acid groups is 2. The van der Waals surface area contributed by atoms with E-state index in [9.17, 15) is 43.2 Å². The fourth-order valence-electron chi connectivity index (χ4n) is 13.6. The highest BCUT2D eigenvalue weighted by atomic mass is 31.2. The maximum Gasteiger partial charge on any atom is 0.472 e. The monoisotopic (exact) mass is 1550 g/mol. The molecule has 0 bridgehead atoms. The van der Waals surface area contributed by atoms with Crippen LogP contribution in [0, 0.1) is 5.92 Å². The molecule has 5 atom stereocenters. The third-order valence-electron chi connectivity index (χ3n) is 20.5. The zero-order valence-corrected chi connectivity index (χ0v) is 71.4. The Morgan fingerprint density at radius 1 is 0.255 bits per heavy atom. The predicted octanol–water partition coefficient (Wildman–Crippen LogP) is 26.8. The Kier molecular flexibility index (Phi) is 78.2. The first kappa shape index (κ1) is 104. The van der Waals surface area contributed by atoms with Gasteiger partial charge in [-0.15, -0.1) is 0 Å². The summed E-state index contributed by atoms with van der Waals surface area (Å²) < 4.78 is 68.9. The Balaban J connectivity index is 5.22. The van der Waals surface area contributed by atoms with Crippen molar-refractivity contribution in [3.8, 4) is 0 Å². The molecular formula is C87H170O17P2. The molecule has 0 amide bonds. The topological polar surface area (TPSA) is 237 Å². The summed E-state index contributed by atoms with van der Waals surface area (Å²) in [6.45, 7) is 7.40. The van der Waals surface area contributed by atoms with E-state index in [1.807, 2.05) is 0 Å². The van der Waals surface area contributed by atoms with Crippen molar-refractivity contribution in [2.75, 3.05) is 39.6 Å². The van der Waals surface area contributed by atoms with Gasteiger partial charge in [0.25, 0.3) is 0 Å². The fourth-order valence-corrected chi connectivity index (χ4v) is 15.2. The van der Waals surface area contributed by atoms with Crippen LogP contribution in [0.5, 0.6) is 0 Å². The number of unbranched alkanes of at least 4 members (excludes halogenated alkanes) is 59. The minimum absolute atomic E-state index is 0.109. The molecule has 17 nitrogen and oxygen atoms in total. The fraction of sp³-hybridized carbons (Fsp3) is 0.954. The van der Waals surface area contributed by atoms with Crippen molar-refractivity contribution in [3.05, 3.63) is 0 Å². The molecule has 0 aliphatic rings. The minimum Gasteiger partial charge on any atom is -0.462 e. The number of rotatable bonds is 87. The third-order valence-corrected chi connectivity index (χ3v) is 22.4. The van der Waals surface area contributed by atoms with Crippen LogP contribution in [0.15, 0.2) is 0 Å². The molecule has 2 unspecified atom stereocenters. The second-order valence-electron chi connectivity index (χ2n) is 31.8. The molecule has 630 valence electrons. The van der Waals surface area contributed by atoms with Crippen molar-refractivity contribution in [1.29, 1.82) is 0 Å². The van der Waals surface area contributed by atoms with Crippen LogP contribution >= 0.6 is 15.6 Å². The average Bonchev–Trinajstić information content (AvgIpc) is 0.907. The second kappa shape index (κ2) is 79.7. The van der Waals surface area contributed by atoms with Gasteiger partial charge < -0.3 is 33.8 Å². The molecule has 19 heteroatoms. The summed E-state index contributed by atoms with van der Waals surface area (Å²) in [7, 11) is -9.93. The number of hydrogen-bond donors (Lipinski definition) is 3. The van der Waals surface area contributed by atoms with Gasteiger partial charge in [-0.25, -0.2) is 9.13 Å². The van der Waals surface area contributed by atoms with Gasteiger partial charge in [0.2, 0.25) is 0 Å². The minimum atomic E-state index is -4.97. The first-order valence-corrected chi connectivity index (χ1v) is 48.1. The molecule has 0 radical (unpaired) electrons. The highest BCUT2D eigenvalue weighted by Gasteiger charge is 2.30. The first-order valence-electron chi connectivity index (χ1n) is 45.1. The zero-order valence-electron chi connectivity index (χ0n) is 69.6. The van der Waals surface area contributed by atoms with Crippen molar-refractivity contribution < 1.29 is 80.2 Å². The van der Waals surface area contributed by atoms with Crippen LogP contribution in [-0.4, -0.2) is 96.7 Å². The van der Waals surface area contributed by atoms with E-state index in [2.05, 4.69) is 34.6 Å². The Morgan fingerprint density at radius 3 is 0.642 bits per heavy atom. The van der Waals surface area contributed by atoms with Gasteiger partial charge in [0.15, 0.2) is 12.2 Å². The van der Waals surface area contributed by atoms with Gasteiger partial charge in [0.05, 0.1) is 26.4 Å². The van der Waals surface area contributed by atoms with Crippen LogP contribution in [0.25, 0.3) is 0 Å². The highest BCUT2D eigenvalue weighted by molar-refractivity contribution is 7.47. The summed E-state index contributed by atoms with van der Waals surface area (Å²) in [5.74, 6) is -1.28. The van der Waals surface area contributed by atoms with Crippen LogP contribution in [0.4, 0.5) is 0 Å². The highest BCUT2D eigenvalue weighted by Crippen LogP contribution is 2.45. The zero-order chi connectivity index (χ0) is 77.6. The van der Waals surface area contributed by atoms with Crippen molar-refractivity contribution >= 4 is 39.5 Å². The van der Waals surface area contributed by atoms with E-state index in [1.165, 1.54) is 295 Å². The van der Waals surface area contributed by atoms with E-state index in [0.29, 0.717) is 25.7 Å². The Morgan fingerprint density at radius 2 is 0.434 bits per heavy atom. The molecule has 0 saturated carbocycles. The lowest BCUT2D eigenvalue weighted by Crippen LogP contribution is -2.30. The molecular weight excluding hydrogens is 1380 g/mol. The molecule has 0 spiro atoms. The van der Waals surface area contributed by atoms with Crippen molar-refractivity contribution in [3.63, 3.8) is 0 Å². The van der Waals surface area contributed by atoms with Gasteiger partial charge in [-0.05, 0) is 31.6 Å². The number of hydrogen-bond acceptors (Lipinski definition) is 15. The van der Waals surface area contributed by atoms with Crippen molar-refractivity contribution in [1.82, 2.24) is 0 Å². The molecule has 3 N–H and O–H groups in total. The quantitative estimate of drug-likeness (QED) is 0.0222. The maximum absolute atomic E-state index is 13.2. The third kappa shape index (κ3) is 80.1. The summed E-state index contributed by atoms with van der Waals surface area (Å²) >= 11 is 0. The molecule has 0 aliphatic carbocycles. The summed E-state index contributed by atoms with van der Waals surface area (Å²) in [6, 6.07) is 0. The lowest BCUT2D eigenvalue weighted by molar-refractivity contribution is -0.161. The first-order chi connectivity index (χ1) is 51.5. The van der Waals surface area contributed by atoms with Crippen molar-refractivity contribution in [2.45, 2.75) is 490 Å². The van der Waals surface area contributed by atoms with Crippen LogP contribution in [0.3, 0.4) is 0 Å². The smallest absolute Gasteiger partial charge is 0.462 e. The van der Waals surface area contributed by atoms with Crippen LogP contribution in [-0.2, 0) is 65.4 Å². The molecule has 0 fully saturated rings. The van der Waals surface area contributed by atoms with E-state index < -0.39 is 97.5 Å². The number of esters is 4. The summed E-state index contributed by atoms with van der Waals surface area (Å²) in [6.07, 6.45) is 73.6. The van der Waals surface area contributed by atoms with Gasteiger partial charge in [-0.2, -0.15) is 0 Å². The summed E-state index contributed by atoms with van der Waals surface area (Å²) in [5.41, 5.74) is 0. The number of aliphatic hydroxyl groups is 1. The van der Waals surface area contributed by atoms with Gasteiger partial charge in [0, 0.05) is 25.7 Å². The molecule has 106 heavy (non-hydrogen) atoms. The predicted molar refractivity (Wildman–Crippen MR) is 437 cm³/mol. The molecule has 0 aromatic carbocycles. The molecule has 0 saturated heterocycles. The molecule has 0 aromatic heterocycles. The summed E-state index contributed by atoms with van der Waals surface area (Å²) in [5, 5.41) is 10.7. The number of carbonyl (C=O) groups is 4. The van der Waals surface area contributed by atoms with E-state index in [4.69, 9.17) is 37.0 Å². The standard InChI is InChI=1S/C87H170O17P2/c1-6-9-12-15-18-21-24-27-28-29-30-31-32-33-34-39-43-48-53-58-63-68-73-87(92)104-83(77-98-85(90)71-66-61-56-51-46-42-38-36-35-37-41-44-49-54-59-64-69-80(4)5)79-102-106(95,96)100-75-81(88)74-99-105(93,94)101-78-82(76-97-84(89)70-65-60-55-50-45-26-23-20-17-14-11-8-3)103-86(91)72-67-62-57-52-47-40-25-22-19-16-13-10-7-2/h80-83,88H,6-79H2,1-5H3,(H,93,94)(H,95,96)/t81-,82+,83+/m0/s1. The number of phosphoric ester groups is 2. The van der Waals surface area contributed by atoms with Crippen LogP contribution < -0.4 is 0 Å². The SMILES string of the molecule is CCCCCCCCCCCCCCCCCCCCCCCCC(=O)O[C@H](COC(=O)CCCCCCCCCCCCCCCCCCC(C)C)COP(=O)(O)OC[C@@H](O)COP(=O)(O)OC[C@@H](COC(=O)CCCCCCCCCCCCCC)OC(=O)CCCCCCCCCCCCCCC. The van der Waals surface area contributed by atoms with Gasteiger partial charge in [0.1, 0.15) is 19.3 Å².